The van der Waals surface area contributed by atoms with Gasteiger partial charge in [0, 0.05) is 6.04 Å². The van der Waals surface area contributed by atoms with Crippen molar-refractivity contribution in [2.24, 2.45) is 5.92 Å². The van der Waals surface area contributed by atoms with Gasteiger partial charge in [0.25, 0.3) is 0 Å². The van der Waals surface area contributed by atoms with E-state index < -0.39 is 12.0 Å². The summed E-state index contributed by atoms with van der Waals surface area (Å²) in [7, 11) is 0. The van der Waals surface area contributed by atoms with Gasteiger partial charge in [0.2, 0.25) is 0 Å². The first kappa shape index (κ1) is 12.8. The molecule has 0 heterocycles. The molecule has 1 fully saturated rings. The molecule has 0 saturated heterocycles. The zero-order valence-electron chi connectivity index (χ0n) is 9.82. The zero-order chi connectivity index (χ0) is 12.1. The van der Waals surface area contributed by atoms with Crippen LogP contribution in [0.2, 0.25) is 0 Å². The lowest BCUT2D eigenvalue weighted by Gasteiger charge is -2.28. The largest absolute Gasteiger partial charge is 0.480 e. The minimum absolute atomic E-state index is 0.0651. The zero-order valence-corrected chi connectivity index (χ0v) is 9.82. The van der Waals surface area contributed by atoms with E-state index in [0.717, 1.165) is 25.7 Å². The standard InChI is InChI=1S/C11H20N2O3/c1-3-7(2)9(10(14)15)13-11(16)12-8-5-4-6-8/h7-9H,3-6H2,1-2H3,(H,14,15)(H2,12,13,16)/t7?,9-/m0/s1. The van der Waals surface area contributed by atoms with Crippen molar-refractivity contribution in [2.45, 2.75) is 51.6 Å². The van der Waals surface area contributed by atoms with Crippen LogP contribution in [-0.4, -0.2) is 29.2 Å². The van der Waals surface area contributed by atoms with Gasteiger partial charge in [0.05, 0.1) is 0 Å². The quantitative estimate of drug-likeness (QED) is 0.664. The predicted octanol–water partition coefficient (Wildman–Crippen LogP) is 1.34. The summed E-state index contributed by atoms with van der Waals surface area (Å²) < 4.78 is 0. The number of hydrogen-bond acceptors (Lipinski definition) is 2. The number of carbonyl (C=O) groups excluding carboxylic acids is 1. The minimum Gasteiger partial charge on any atom is -0.480 e. The number of carboxylic acids is 1. The Morgan fingerprint density at radius 2 is 2.06 bits per heavy atom. The molecule has 5 nitrogen and oxygen atoms in total. The highest BCUT2D eigenvalue weighted by molar-refractivity contribution is 5.82. The van der Waals surface area contributed by atoms with E-state index in [4.69, 9.17) is 5.11 Å². The highest BCUT2D eigenvalue weighted by Gasteiger charge is 2.27. The van der Waals surface area contributed by atoms with Crippen LogP contribution in [0.5, 0.6) is 0 Å². The molecule has 92 valence electrons. The summed E-state index contributed by atoms with van der Waals surface area (Å²) in [5, 5.41) is 14.3. The van der Waals surface area contributed by atoms with Crippen molar-refractivity contribution < 1.29 is 14.7 Å². The highest BCUT2D eigenvalue weighted by Crippen LogP contribution is 2.17. The number of amides is 2. The second-order valence-electron chi connectivity index (χ2n) is 4.45. The molecule has 3 N–H and O–H groups in total. The molecule has 0 bridgehead atoms. The smallest absolute Gasteiger partial charge is 0.326 e. The summed E-state index contributed by atoms with van der Waals surface area (Å²) in [6, 6.07) is -0.936. The van der Waals surface area contributed by atoms with Crippen molar-refractivity contribution in [3.8, 4) is 0 Å². The van der Waals surface area contributed by atoms with Gasteiger partial charge in [-0.2, -0.15) is 0 Å². The molecular formula is C11H20N2O3. The van der Waals surface area contributed by atoms with Gasteiger partial charge in [-0.3, -0.25) is 0 Å². The van der Waals surface area contributed by atoms with Crippen LogP contribution in [0.15, 0.2) is 0 Å². The molecular weight excluding hydrogens is 208 g/mol. The summed E-state index contributed by atoms with van der Waals surface area (Å²) in [6.07, 6.45) is 3.85. The van der Waals surface area contributed by atoms with Crippen molar-refractivity contribution in [1.29, 1.82) is 0 Å². The molecule has 2 atom stereocenters. The molecule has 0 aromatic rings. The van der Waals surface area contributed by atoms with Gasteiger partial charge in [-0.25, -0.2) is 9.59 Å². The minimum atomic E-state index is -0.974. The Labute approximate surface area is 95.6 Å². The second kappa shape index (κ2) is 5.72. The molecule has 1 saturated carbocycles. The van der Waals surface area contributed by atoms with Crippen molar-refractivity contribution in [3.05, 3.63) is 0 Å². The van der Waals surface area contributed by atoms with Gasteiger partial charge in [-0.15, -0.1) is 0 Å². The Balaban J connectivity index is 2.40. The Hall–Kier alpha value is -1.26. The van der Waals surface area contributed by atoms with Gasteiger partial charge < -0.3 is 15.7 Å². The Morgan fingerprint density at radius 3 is 2.44 bits per heavy atom. The summed E-state index contributed by atoms with van der Waals surface area (Å²) in [5.41, 5.74) is 0. The molecule has 1 aliphatic carbocycles. The summed E-state index contributed by atoms with van der Waals surface area (Å²) in [5.74, 6) is -1.04. The maximum Gasteiger partial charge on any atom is 0.326 e. The fourth-order valence-corrected chi connectivity index (χ4v) is 1.60. The monoisotopic (exact) mass is 228 g/mol. The van der Waals surface area contributed by atoms with Crippen LogP contribution in [0.4, 0.5) is 4.79 Å². The van der Waals surface area contributed by atoms with E-state index in [9.17, 15) is 9.59 Å². The van der Waals surface area contributed by atoms with Crippen LogP contribution >= 0.6 is 0 Å². The Kier molecular flexibility index (Phi) is 4.58. The van der Waals surface area contributed by atoms with E-state index in [2.05, 4.69) is 10.6 Å². The van der Waals surface area contributed by atoms with Gasteiger partial charge in [-0.1, -0.05) is 20.3 Å². The van der Waals surface area contributed by atoms with E-state index in [1.165, 1.54) is 0 Å². The Bertz CT molecular complexity index is 264. The maximum atomic E-state index is 11.5. The van der Waals surface area contributed by atoms with E-state index in [1.807, 2.05) is 13.8 Å². The molecule has 1 rings (SSSR count). The molecule has 0 aromatic heterocycles. The van der Waals surface area contributed by atoms with Gasteiger partial charge >= 0.3 is 12.0 Å². The number of rotatable bonds is 5. The number of aliphatic carboxylic acids is 1. The summed E-state index contributed by atoms with van der Waals surface area (Å²) in [6.45, 7) is 3.73. The van der Waals surface area contributed by atoms with Crippen LogP contribution in [0, 0.1) is 5.92 Å². The van der Waals surface area contributed by atoms with Gasteiger partial charge in [0.1, 0.15) is 6.04 Å². The molecule has 0 spiro atoms. The van der Waals surface area contributed by atoms with Crippen LogP contribution in [0.25, 0.3) is 0 Å². The number of hydrogen-bond donors (Lipinski definition) is 3. The van der Waals surface area contributed by atoms with Gasteiger partial charge in [-0.05, 0) is 25.2 Å². The van der Waals surface area contributed by atoms with E-state index in [1.54, 1.807) is 0 Å². The van der Waals surface area contributed by atoms with E-state index in [-0.39, 0.29) is 18.0 Å². The lowest BCUT2D eigenvalue weighted by Crippen LogP contribution is -2.52. The molecule has 0 aromatic carbocycles. The summed E-state index contributed by atoms with van der Waals surface area (Å²) in [4.78, 5) is 22.5. The first-order valence-electron chi connectivity index (χ1n) is 5.84. The third kappa shape index (κ3) is 3.40. The topological polar surface area (TPSA) is 78.4 Å². The third-order valence-corrected chi connectivity index (χ3v) is 3.21. The van der Waals surface area contributed by atoms with Crippen LogP contribution < -0.4 is 10.6 Å². The van der Waals surface area contributed by atoms with E-state index in [0.29, 0.717) is 0 Å². The van der Waals surface area contributed by atoms with Crippen LogP contribution in [-0.2, 0) is 4.79 Å². The van der Waals surface area contributed by atoms with Crippen molar-refractivity contribution in [3.63, 3.8) is 0 Å². The maximum absolute atomic E-state index is 11.5. The lowest BCUT2D eigenvalue weighted by molar-refractivity contribution is -0.140. The van der Waals surface area contributed by atoms with Crippen LogP contribution in [0.1, 0.15) is 39.5 Å². The van der Waals surface area contributed by atoms with Crippen molar-refractivity contribution >= 4 is 12.0 Å². The third-order valence-electron chi connectivity index (χ3n) is 3.21. The molecule has 2 amide bonds. The number of carbonyl (C=O) groups is 2. The van der Waals surface area contributed by atoms with Crippen molar-refractivity contribution in [2.75, 3.05) is 0 Å². The normalized spacial score (nSPS) is 19.4. The van der Waals surface area contributed by atoms with Crippen LogP contribution in [0.3, 0.4) is 0 Å². The molecule has 0 aliphatic heterocycles. The van der Waals surface area contributed by atoms with Gasteiger partial charge in [0.15, 0.2) is 0 Å². The molecule has 1 aliphatic rings. The first-order valence-corrected chi connectivity index (χ1v) is 5.84. The number of carboxylic acid groups (broad SMARTS) is 1. The molecule has 1 unspecified atom stereocenters. The average Bonchev–Trinajstić information content (AvgIpc) is 2.18. The molecule has 5 heteroatoms. The molecule has 0 radical (unpaired) electrons. The number of urea groups is 1. The lowest BCUT2D eigenvalue weighted by atomic mass is 9.93. The Morgan fingerprint density at radius 1 is 1.44 bits per heavy atom. The first-order chi connectivity index (χ1) is 7.54. The highest BCUT2D eigenvalue weighted by atomic mass is 16.4. The second-order valence-corrected chi connectivity index (χ2v) is 4.45. The SMILES string of the molecule is CCC(C)[C@H](NC(=O)NC1CCC1)C(=O)O. The predicted molar refractivity (Wildman–Crippen MR) is 60.2 cm³/mol. The van der Waals surface area contributed by atoms with Crippen molar-refractivity contribution in [1.82, 2.24) is 10.6 Å². The van der Waals surface area contributed by atoms with E-state index >= 15 is 0 Å². The molecule has 16 heavy (non-hydrogen) atoms. The fourth-order valence-electron chi connectivity index (χ4n) is 1.60. The average molecular weight is 228 g/mol. The number of nitrogens with one attached hydrogen (secondary N) is 2. The fraction of sp³-hybridized carbons (Fsp3) is 0.818. The summed E-state index contributed by atoms with van der Waals surface area (Å²) >= 11 is 0.